The van der Waals surface area contributed by atoms with E-state index in [1.807, 2.05) is 30.3 Å². The first-order chi connectivity index (χ1) is 8.34. The van der Waals surface area contributed by atoms with Crippen LogP contribution >= 0.6 is 11.8 Å². The molecule has 2 nitrogen and oxygen atoms in total. The number of benzene rings is 1. The molecule has 3 heteroatoms. The molecule has 0 N–H and O–H groups in total. The van der Waals surface area contributed by atoms with Crippen LogP contribution in [0, 0.1) is 0 Å². The maximum absolute atomic E-state index is 11.8. The number of thioether (sulfide) groups is 1. The summed E-state index contributed by atoms with van der Waals surface area (Å²) in [5.41, 5.74) is 1.12. The summed E-state index contributed by atoms with van der Waals surface area (Å²) in [5, 5.41) is 0.614. The number of carbonyl (C=O) groups excluding carboxylic acids is 1. The Kier molecular flexibility index (Phi) is 5.08. The van der Waals surface area contributed by atoms with Gasteiger partial charge < -0.3 is 4.74 Å². The largest absolute Gasteiger partial charge is 0.381 e. The second kappa shape index (κ2) is 6.82. The summed E-state index contributed by atoms with van der Waals surface area (Å²) < 4.78 is 5.30. The molecule has 2 rings (SSSR count). The van der Waals surface area contributed by atoms with Crippen molar-refractivity contribution in [2.45, 2.75) is 24.5 Å². The Morgan fingerprint density at radius 3 is 2.65 bits per heavy atom. The van der Waals surface area contributed by atoms with Crippen LogP contribution in [0.15, 0.2) is 30.3 Å². The third-order valence-electron chi connectivity index (χ3n) is 2.89. The number of ketones is 1. The van der Waals surface area contributed by atoms with Gasteiger partial charge in [0.05, 0.1) is 5.75 Å². The zero-order chi connectivity index (χ0) is 11.9. The number of hydrogen-bond donors (Lipinski definition) is 0. The highest BCUT2D eigenvalue weighted by Gasteiger charge is 2.15. The van der Waals surface area contributed by atoms with Crippen LogP contribution in [-0.4, -0.2) is 30.0 Å². The van der Waals surface area contributed by atoms with Crippen molar-refractivity contribution in [3.8, 4) is 0 Å². The number of Topliss-reactive ketones (excluding diaryl/α,β-unsaturated/α-hetero) is 1. The van der Waals surface area contributed by atoms with E-state index in [9.17, 15) is 4.79 Å². The van der Waals surface area contributed by atoms with Crippen molar-refractivity contribution in [3.05, 3.63) is 35.9 Å². The molecule has 0 bridgehead atoms. The van der Waals surface area contributed by atoms with E-state index in [0.29, 0.717) is 23.2 Å². The van der Waals surface area contributed by atoms with Gasteiger partial charge in [-0.05, 0) is 18.4 Å². The summed E-state index contributed by atoms with van der Waals surface area (Å²) in [6, 6.07) is 9.96. The summed E-state index contributed by atoms with van der Waals surface area (Å²) in [6.45, 7) is 1.70. The molecule has 1 fully saturated rings. The fraction of sp³-hybridized carbons (Fsp3) is 0.500. The summed E-state index contributed by atoms with van der Waals surface area (Å²) >= 11 is 1.80. The van der Waals surface area contributed by atoms with Crippen LogP contribution in [0.1, 0.15) is 18.4 Å². The molecule has 17 heavy (non-hydrogen) atoms. The molecule has 0 aliphatic carbocycles. The maximum Gasteiger partial charge on any atom is 0.147 e. The Balaban J connectivity index is 1.70. The minimum Gasteiger partial charge on any atom is -0.381 e. The summed E-state index contributed by atoms with van der Waals surface area (Å²) in [5.74, 6) is 0.965. The van der Waals surface area contributed by atoms with Gasteiger partial charge in [0.15, 0.2) is 0 Å². The van der Waals surface area contributed by atoms with Crippen molar-refractivity contribution in [2.75, 3.05) is 19.0 Å². The average Bonchev–Trinajstić information content (AvgIpc) is 2.39. The first-order valence-corrected chi connectivity index (χ1v) is 7.14. The third-order valence-corrected chi connectivity index (χ3v) is 4.32. The molecule has 0 atom stereocenters. The normalized spacial score (nSPS) is 16.9. The molecule has 1 aliphatic heterocycles. The lowest BCUT2D eigenvalue weighted by Gasteiger charge is -2.21. The molecule has 0 radical (unpaired) electrons. The van der Waals surface area contributed by atoms with Gasteiger partial charge in [-0.2, -0.15) is 11.8 Å². The van der Waals surface area contributed by atoms with Crippen molar-refractivity contribution in [3.63, 3.8) is 0 Å². The summed E-state index contributed by atoms with van der Waals surface area (Å²) in [6.07, 6.45) is 2.74. The first kappa shape index (κ1) is 12.7. The van der Waals surface area contributed by atoms with Gasteiger partial charge in [0, 0.05) is 24.9 Å². The SMILES string of the molecule is O=C(CSC1CCOCC1)Cc1ccccc1. The molecule has 0 spiro atoms. The monoisotopic (exact) mass is 250 g/mol. The molecule has 1 aromatic carbocycles. The second-order valence-corrected chi connectivity index (χ2v) is 5.61. The number of carbonyl (C=O) groups is 1. The fourth-order valence-corrected chi connectivity index (χ4v) is 2.98. The highest BCUT2D eigenvalue weighted by Crippen LogP contribution is 2.22. The topological polar surface area (TPSA) is 26.3 Å². The number of hydrogen-bond acceptors (Lipinski definition) is 3. The average molecular weight is 250 g/mol. The predicted octanol–water partition coefficient (Wildman–Crippen LogP) is 2.71. The molecule has 0 amide bonds. The Hall–Kier alpha value is -0.800. The van der Waals surface area contributed by atoms with Gasteiger partial charge in [-0.15, -0.1) is 0 Å². The van der Waals surface area contributed by atoms with Crippen LogP contribution in [0.4, 0.5) is 0 Å². The van der Waals surface area contributed by atoms with E-state index in [-0.39, 0.29) is 0 Å². The molecular formula is C14H18O2S. The van der Waals surface area contributed by atoms with Crippen LogP contribution < -0.4 is 0 Å². The van der Waals surface area contributed by atoms with Crippen LogP contribution in [0.3, 0.4) is 0 Å². The maximum atomic E-state index is 11.8. The Bertz CT molecular complexity index is 344. The van der Waals surface area contributed by atoms with E-state index in [1.54, 1.807) is 11.8 Å². The minimum absolute atomic E-state index is 0.327. The standard InChI is InChI=1S/C14H18O2S/c15-13(10-12-4-2-1-3-5-12)11-17-14-6-8-16-9-7-14/h1-5,14H,6-11H2. The van der Waals surface area contributed by atoms with Gasteiger partial charge in [-0.3, -0.25) is 4.79 Å². The van der Waals surface area contributed by atoms with Crippen molar-refractivity contribution in [1.82, 2.24) is 0 Å². The Morgan fingerprint density at radius 2 is 1.94 bits per heavy atom. The van der Waals surface area contributed by atoms with Crippen molar-refractivity contribution >= 4 is 17.5 Å². The highest BCUT2D eigenvalue weighted by molar-refractivity contribution is 8.00. The van der Waals surface area contributed by atoms with Crippen molar-refractivity contribution in [1.29, 1.82) is 0 Å². The van der Waals surface area contributed by atoms with E-state index >= 15 is 0 Å². The molecule has 1 heterocycles. The molecule has 0 unspecified atom stereocenters. The lowest BCUT2D eigenvalue weighted by atomic mass is 10.1. The van der Waals surface area contributed by atoms with E-state index < -0.39 is 0 Å². The van der Waals surface area contributed by atoms with Gasteiger partial charge in [-0.25, -0.2) is 0 Å². The minimum atomic E-state index is 0.327. The van der Waals surface area contributed by atoms with Crippen molar-refractivity contribution < 1.29 is 9.53 Å². The predicted molar refractivity (Wildman–Crippen MR) is 71.5 cm³/mol. The molecule has 1 aromatic rings. The fourth-order valence-electron chi connectivity index (χ4n) is 1.93. The number of ether oxygens (including phenoxy) is 1. The highest BCUT2D eigenvalue weighted by atomic mass is 32.2. The van der Waals surface area contributed by atoms with Gasteiger partial charge in [-0.1, -0.05) is 30.3 Å². The summed E-state index contributed by atoms with van der Waals surface area (Å²) in [7, 11) is 0. The quantitative estimate of drug-likeness (QED) is 0.803. The van der Waals surface area contributed by atoms with E-state index in [0.717, 1.165) is 31.6 Å². The molecule has 0 aromatic heterocycles. The van der Waals surface area contributed by atoms with Gasteiger partial charge >= 0.3 is 0 Å². The smallest absolute Gasteiger partial charge is 0.147 e. The van der Waals surface area contributed by atoms with Gasteiger partial charge in [0.2, 0.25) is 0 Å². The molecule has 92 valence electrons. The molecule has 1 aliphatic rings. The third kappa shape index (κ3) is 4.52. The van der Waals surface area contributed by atoms with Gasteiger partial charge in [0.25, 0.3) is 0 Å². The van der Waals surface area contributed by atoms with Gasteiger partial charge in [0.1, 0.15) is 5.78 Å². The zero-order valence-corrected chi connectivity index (χ0v) is 10.7. The Morgan fingerprint density at radius 1 is 1.24 bits per heavy atom. The summed E-state index contributed by atoms with van der Waals surface area (Å²) in [4.78, 5) is 11.8. The van der Waals surface area contributed by atoms with Crippen LogP contribution in [0.25, 0.3) is 0 Å². The van der Waals surface area contributed by atoms with E-state index in [2.05, 4.69) is 0 Å². The van der Waals surface area contributed by atoms with Crippen LogP contribution in [-0.2, 0) is 16.0 Å². The van der Waals surface area contributed by atoms with E-state index in [4.69, 9.17) is 4.74 Å². The Labute approximate surface area is 107 Å². The zero-order valence-electron chi connectivity index (χ0n) is 9.93. The lowest BCUT2D eigenvalue weighted by molar-refractivity contribution is -0.116. The van der Waals surface area contributed by atoms with Crippen LogP contribution in [0.5, 0.6) is 0 Å². The van der Waals surface area contributed by atoms with E-state index in [1.165, 1.54) is 0 Å². The van der Waals surface area contributed by atoms with Crippen LogP contribution in [0.2, 0.25) is 0 Å². The first-order valence-electron chi connectivity index (χ1n) is 6.09. The lowest BCUT2D eigenvalue weighted by Crippen LogP contribution is -2.19. The molecule has 0 saturated carbocycles. The molecular weight excluding hydrogens is 232 g/mol. The molecule has 1 saturated heterocycles. The van der Waals surface area contributed by atoms with Crippen molar-refractivity contribution in [2.24, 2.45) is 0 Å². The second-order valence-electron chi connectivity index (χ2n) is 4.32. The number of rotatable bonds is 5.